The van der Waals surface area contributed by atoms with Crippen LogP contribution in [-0.2, 0) is 6.54 Å². The quantitative estimate of drug-likeness (QED) is 0.757. The average Bonchev–Trinajstić information content (AvgIpc) is 3.30. The van der Waals surface area contributed by atoms with Crippen molar-refractivity contribution in [2.75, 3.05) is 45.8 Å². The van der Waals surface area contributed by atoms with E-state index in [1.54, 1.807) is 0 Å². The first kappa shape index (κ1) is 14.0. The molecule has 2 aliphatic rings. The first-order valence-electron chi connectivity index (χ1n) is 7.95. The van der Waals surface area contributed by atoms with Crippen molar-refractivity contribution in [3.8, 4) is 0 Å². The maximum Gasteiger partial charge on any atom is 0.0541 e. The summed E-state index contributed by atoms with van der Waals surface area (Å²) in [5.41, 5.74) is 1.13. The van der Waals surface area contributed by atoms with Gasteiger partial charge in [-0.15, -0.1) is 0 Å². The molecule has 0 spiro atoms. The Bertz CT molecular complexity index is 383. The molecule has 20 heavy (non-hydrogen) atoms. The molecule has 1 aromatic heterocycles. The molecule has 1 aliphatic carbocycles. The summed E-state index contributed by atoms with van der Waals surface area (Å²) in [6.45, 7) is 9.43. The van der Waals surface area contributed by atoms with Gasteiger partial charge in [-0.2, -0.15) is 0 Å². The fraction of sp³-hybridized carbons (Fsp3) is 0.688. The monoisotopic (exact) mass is 274 g/mol. The van der Waals surface area contributed by atoms with Crippen LogP contribution >= 0.6 is 0 Å². The minimum absolute atomic E-state index is 0.877. The van der Waals surface area contributed by atoms with E-state index in [-0.39, 0.29) is 0 Å². The van der Waals surface area contributed by atoms with Gasteiger partial charge in [0.1, 0.15) is 0 Å². The Labute approximate surface area is 122 Å². The first-order chi connectivity index (χ1) is 9.90. The molecule has 2 fully saturated rings. The average molecular weight is 274 g/mol. The van der Waals surface area contributed by atoms with Crippen LogP contribution in [-0.4, -0.2) is 60.6 Å². The largest absolute Gasteiger partial charge is 0.310 e. The molecule has 0 atom stereocenters. The molecular formula is C16H26N4. The molecule has 1 aliphatic heterocycles. The molecule has 0 radical (unpaired) electrons. The number of piperazine rings is 1. The van der Waals surface area contributed by atoms with Gasteiger partial charge in [0, 0.05) is 58.6 Å². The normalized spacial score (nSPS) is 21.2. The second-order valence-electron chi connectivity index (χ2n) is 6.08. The van der Waals surface area contributed by atoms with Gasteiger partial charge in [-0.3, -0.25) is 9.88 Å². The highest BCUT2D eigenvalue weighted by Gasteiger charge is 2.26. The Morgan fingerprint density at radius 1 is 1.10 bits per heavy atom. The fourth-order valence-electron chi connectivity index (χ4n) is 2.82. The summed E-state index contributed by atoms with van der Waals surface area (Å²) in [5.74, 6) is 1.03. The smallest absolute Gasteiger partial charge is 0.0541 e. The van der Waals surface area contributed by atoms with Crippen LogP contribution in [0.4, 0.5) is 0 Å². The zero-order valence-corrected chi connectivity index (χ0v) is 12.3. The molecule has 2 heterocycles. The Morgan fingerprint density at radius 2 is 1.90 bits per heavy atom. The third-order valence-corrected chi connectivity index (χ3v) is 4.32. The van der Waals surface area contributed by atoms with Crippen molar-refractivity contribution < 1.29 is 0 Å². The van der Waals surface area contributed by atoms with Gasteiger partial charge >= 0.3 is 0 Å². The molecule has 4 heteroatoms. The van der Waals surface area contributed by atoms with E-state index < -0.39 is 0 Å². The molecule has 0 unspecified atom stereocenters. The van der Waals surface area contributed by atoms with Crippen LogP contribution in [0, 0.1) is 5.92 Å². The molecule has 110 valence electrons. The van der Waals surface area contributed by atoms with Crippen LogP contribution in [0.25, 0.3) is 0 Å². The predicted octanol–water partition coefficient (Wildman–Crippen LogP) is 1.20. The van der Waals surface area contributed by atoms with E-state index >= 15 is 0 Å². The SMILES string of the molecule is c1ccc(CNCCN2CCN(CC3CC3)CC2)nc1. The number of hydrogen-bond acceptors (Lipinski definition) is 4. The number of pyridine rings is 1. The van der Waals surface area contributed by atoms with Gasteiger partial charge in [-0.1, -0.05) is 6.07 Å². The summed E-state index contributed by atoms with van der Waals surface area (Å²) in [4.78, 5) is 9.55. The van der Waals surface area contributed by atoms with Crippen molar-refractivity contribution in [3.05, 3.63) is 30.1 Å². The van der Waals surface area contributed by atoms with E-state index in [0.29, 0.717) is 0 Å². The summed E-state index contributed by atoms with van der Waals surface area (Å²) in [7, 11) is 0. The summed E-state index contributed by atoms with van der Waals surface area (Å²) in [6, 6.07) is 6.08. The van der Waals surface area contributed by atoms with E-state index in [9.17, 15) is 0 Å². The Hall–Kier alpha value is -0.970. The van der Waals surface area contributed by atoms with Gasteiger partial charge in [0.2, 0.25) is 0 Å². The molecule has 3 rings (SSSR count). The van der Waals surface area contributed by atoms with Crippen molar-refractivity contribution in [3.63, 3.8) is 0 Å². The van der Waals surface area contributed by atoms with Crippen LogP contribution in [0.15, 0.2) is 24.4 Å². The predicted molar refractivity (Wildman–Crippen MR) is 81.5 cm³/mol. The third-order valence-electron chi connectivity index (χ3n) is 4.32. The van der Waals surface area contributed by atoms with Gasteiger partial charge in [0.15, 0.2) is 0 Å². The van der Waals surface area contributed by atoms with Crippen molar-refractivity contribution in [2.45, 2.75) is 19.4 Å². The molecule has 4 nitrogen and oxygen atoms in total. The fourth-order valence-corrected chi connectivity index (χ4v) is 2.82. The second kappa shape index (κ2) is 7.16. The number of nitrogens with one attached hydrogen (secondary N) is 1. The minimum Gasteiger partial charge on any atom is -0.310 e. The Kier molecular flexibility index (Phi) is 5.01. The van der Waals surface area contributed by atoms with E-state index in [4.69, 9.17) is 0 Å². The summed E-state index contributed by atoms with van der Waals surface area (Å²) >= 11 is 0. The standard InChI is InChI=1S/C16H26N4/c1-2-6-18-16(3-1)13-17-7-8-19-9-11-20(12-10-19)14-15-4-5-15/h1-3,6,15,17H,4-5,7-14H2. The summed E-state index contributed by atoms with van der Waals surface area (Å²) in [5, 5.41) is 3.48. The zero-order chi connectivity index (χ0) is 13.6. The van der Waals surface area contributed by atoms with Crippen molar-refractivity contribution >= 4 is 0 Å². The van der Waals surface area contributed by atoms with Crippen LogP contribution in [0.2, 0.25) is 0 Å². The summed E-state index contributed by atoms with van der Waals surface area (Å²) in [6.07, 6.45) is 4.80. The minimum atomic E-state index is 0.877. The highest BCUT2D eigenvalue weighted by molar-refractivity contribution is 5.02. The third kappa shape index (κ3) is 4.54. The molecule has 0 bridgehead atoms. The molecule has 1 aromatic rings. The van der Waals surface area contributed by atoms with E-state index in [1.165, 1.54) is 45.6 Å². The zero-order valence-electron chi connectivity index (χ0n) is 12.3. The molecule has 1 saturated carbocycles. The van der Waals surface area contributed by atoms with Crippen molar-refractivity contribution in [2.24, 2.45) is 5.92 Å². The lowest BCUT2D eigenvalue weighted by atomic mass is 10.3. The highest BCUT2D eigenvalue weighted by Crippen LogP contribution is 2.29. The van der Waals surface area contributed by atoms with Crippen LogP contribution in [0.3, 0.4) is 0 Å². The summed E-state index contributed by atoms with van der Waals surface area (Å²) < 4.78 is 0. The van der Waals surface area contributed by atoms with Crippen LogP contribution < -0.4 is 5.32 Å². The maximum absolute atomic E-state index is 4.32. The number of rotatable bonds is 7. The number of nitrogens with zero attached hydrogens (tertiary/aromatic N) is 3. The van der Waals surface area contributed by atoms with Gasteiger partial charge in [0.25, 0.3) is 0 Å². The lowest BCUT2D eigenvalue weighted by molar-refractivity contribution is 0.129. The Morgan fingerprint density at radius 3 is 2.60 bits per heavy atom. The maximum atomic E-state index is 4.32. The second-order valence-corrected chi connectivity index (χ2v) is 6.08. The lowest BCUT2D eigenvalue weighted by Crippen LogP contribution is -2.48. The topological polar surface area (TPSA) is 31.4 Å². The van der Waals surface area contributed by atoms with Crippen LogP contribution in [0.5, 0.6) is 0 Å². The van der Waals surface area contributed by atoms with Crippen LogP contribution in [0.1, 0.15) is 18.5 Å². The van der Waals surface area contributed by atoms with Gasteiger partial charge < -0.3 is 10.2 Å². The molecule has 1 saturated heterocycles. The molecule has 0 aromatic carbocycles. The van der Waals surface area contributed by atoms with E-state index in [0.717, 1.165) is 31.2 Å². The number of hydrogen-bond donors (Lipinski definition) is 1. The molecule has 0 amide bonds. The van der Waals surface area contributed by atoms with Gasteiger partial charge in [-0.05, 0) is 30.9 Å². The number of aromatic nitrogens is 1. The van der Waals surface area contributed by atoms with Gasteiger partial charge in [0.05, 0.1) is 5.69 Å². The molecule has 1 N–H and O–H groups in total. The molecular weight excluding hydrogens is 248 g/mol. The van der Waals surface area contributed by atoms with Gasteiger partial charge in [-0.25, -0.2) is 0 Å². The van der Waals surface area contributed by atoms with Crippen molar-refractivity contribution in [1.29, 1.82) is 0 Å². The van der Waals surface area contributed by atoms with E-state index in [1.807, 2.05) is 18.3 Å². The lowest BCUT2D eigenvalue weighted by Gasteiger charge is -2.34. The van der Waals surface area contributed by atoms with Crippen molar-refractivity contribution in [1.82, 2.24) is 20.1 Å². The Balaban J connectivity index is 1.26. The highest BCUT2D eigenvalue weighted by atomic mass is 15.3. The first-order valence-corrected chi connectivity index (χ1v) is 7.95. The van der Waals surface area contributed by atoms with E-state index in [2.05, 4.69) is 26.2 Å².